The van der Waals surface area contributed by atoms with E-state index >= 15 is 0 Å². The van der Waals surface area contributed by atoms with Crippen molar-refractivity contribution in [3.8, 4) is 12.3 Å². The Hall–Kier alpha value is -1.42. The highest BCUT2D eigenvalue weighted by Gasteiger charge is 2.44. The maximum absolute atomic E-state index is 10.2. The van der Waals surface area contributed by atoms with Crippen LogP contribution in [0.2, 0.25) is 0 Å². The second-order valence-corrected chi connectivity index (χ2v) is 4.98. The van der Waals surface area contributed by atoms with Crippen LogP contribution in [-0.4, -0.2) is 48.0 Å². The number of ether oxygens (including phenoxy) is 3. The van der Waals surface area contributed by atoms with Crippen LogP contribution in [-0.2, 0) is 14.2 Å². The van der Waals surface area contributed by atoms with Crippen LogP contribution < -0.4 is 0 Å². The number of terminal acetylenes is 1. The number of hydrogen-bond acceptors (Lipinski definition) is 5. The standard InChI is InChI=1S/C16H20O5/c1-4-12(11-8-6-5-7-9-11)21-15-10(2)20-16(19-3)14(18)13(15)17/h1,5-10,12-18H,2-3H3/t10-,12-,13-,14-,15+,16+/m0/s1. The van der Waals surface area contributed by atoms with E-state index in [9.17, 15) is 10.2 Å². The lowest BCUT2D eigenvalue weighted by molar-refractivity contribution is -0.296. The summed E-state index contributed by atoms with van der Waals surface area (Å²) in [4.78, 5) is 0. The average Bonchev–Trinajstić information content (AvgIpc) is 2.52. The molecule has 1 aromatic carbocycles. The molecule has 1 fully saturated rings. The summed E-state index contributed by atoms with van der Waals surface area (Å²) in [5.74, 6) is 2.55. The topological polar surface area (TPSA) is 68.2 Å². The van der Waals surface area contributed by atoms with Crippen molar-refractivity contribution in [2.75, 3.05) is 7.11 Å². The Balaban J connectivity index is 2.12. The summed E-state index contributed by atoms with van der Waals surface area (Å²) in [6.45, 7) is 1.74. The largest absolute Gasteiger partial charge is 0.387 e. The normalized spacial score (nSPS) is 34.1. The Morgan fingerprint density at radius 2 is 1.90 bits per heavy atom. The third-order valence-corrected chi connectivity index (χ3v) is 3.56. The Kier molecular flexibility index (Phi) is 5.34. The highest BCUT2D eigenvalue weighted by molar-refractivity contribution is 5.23. The summed E-state index contributed by atoms with van der Waals surface area (Å²) in [7, 11) is 1.41. The minimum Gasteiger partial charge on any atom is -0.387 e. The lowest BCUT2D eigenvalue weighted by Gasteiger charge is -2.41. The molecule has 0 bridgehead atoms. The van der Waals surface area contributed by atoms with Gasteiger partial charge in [-0.3, -0.25) is 0 Å². The summed E-state index contributed by atoms with van der Waals surface area (Å²) in [5, 5.41) is 20.1. The molecule has 114 valence electrons. The van der Waals surface area contributed by atoms with Crippen molar-refractivity contribution in [2.24, 2.45) is 0 Å². The first-order valence-corrected chi connectivity index (χ1v) is 6.79. The number of benzene rings is 1. The maximum atomic E-state index is 10.2. The highest BCUT2D eigenvalue weighted by atomic mass is 16.7. The second-order valence-electron chi connectivity index (χ2n) is 4.98. The molecule has 2 rings (SSSR count). The van der Waals surface area contributed by atoms with Gasteiger partial charge in [-0.1, -0.05) is 36.3 Å². The van der Waals surface area contributed by atoms with Crippen LogP contribution in [0.4, 0.5) is 0 Å². The van der Waals surface area contributed by atoms with Crippen LogP contribution in [0.3, 0.4) is 0 Å². The van der Waals surface area contributed by atoms with Gasteiger partial charge in [-0.25, -0.2) is 0 Å². The molecule has 5 nitrogen and oxygen atoms in total. The minimum absolute atomic E-state index is 0.465. The molecular weight excluding hydrogens is 272 g/mol. The predicted molar refractivity (Wildman–Crippen MR) is 76.2 cm³/mol. The lowest BCUT2D eigenvalue weighted by Crippen LogP contribution is -2.58. The van der Waals surface area contributed by atoms with Gasteiger partial charge in [0.25, 0.3) is 0 Å². The zero-order valence-corrected chi connectivity index (χ0v) is 12.0. The molecular formula is C16H20O5. The number of aliphatic hydroxyl groups is 2. The maximum Gasteiger partial charge on any atom is 0.186 e. The van der Waals surface area contributed by atoms with E-state index in [4.69, 9.17) is 20.6 Å². The SMILES string of the molecule is C#C[C@H](O[C@H]1[C@@H](O)[C@H](O)[C@H](OC)O[C@H]1C)c1ccccc1. The van der Waals surface area contributed by atoms with Gasteiger partial charge in [0.05, 0.1) is 6.10 Å². The molecule has 1 aliphatic heterocycles. The van der Waals surface area contributed by atoms with Crippen LogP contribution in [0.5, 0.6) is 0 Å². The van der Waals surface area contributed by atoms with Gasteiger partial charge >= 0.3 is 0 Å². The minimum atomic E-state index is -1.19. The molecule has 0 amide bonds. The quantitative estimate of drug-likeness (QED) is 0.806. The fourth-order valence-corrected chi connectivity index (χ4v) is 2.39. The fraction of sp³-hybridized carbons (Fsp3) is 0.500. The first-order valence-electron chi connectivity index (χ1n) is 6.79. The van der Waals surface area contributed by atoms with E-state index in [2.05, 4.69) is 5.92 Å². The summed E-state index contributed by atoms with van der Waals surface area (Å²) < 4.78 is 16.3. The molecule has 0 radical (unpaired) electrons. The van der Waals surface area contributed by atoms with Gasteiger partial charge in [0.1, 0.15) is 24.4 Å². The summed E-state index contributed by atoms with van der Waals surface area (Å²) in [5.41, 5.74) is 0.808. The molecule has 1 saturated heterocycles. The van der Waals surface area contributed by atoms with Crippen molar-refractivity contribution < 1.29 is 24.4 Å². The van der Waals surface area contributed by atoms with Gasteiger partial charge < -0.3 is 24.4 Å². The molecule has 21 heavy (non-hydrogen) atoms. The Morgan fingerprint density at radius 3 is 2.48 bits per heavy atom. The number of aliphatic hydroxyl groups excluding tert-OH is 2. The van der Waals surface area contributed by atoms with Crippen LogP contribution in [0.25, 0.3) is 0 Å². The van der Waals surface area contributed by atoms with Gasteiger partial charge in [0.2, 0.25) is 0 Å². The summed E-state index contributed by atoms with van der Waals surface area (Å²) in [6.07, 6.45) is 0.478. The van der Waals surface area contributed by atoms with E-state index in [1.165, 1.54) is 7.11 Å². The zero-order chi connectivity index (χ0) is 15.4. The van der Waals surface area contributed by atoms with Gasteiger partial charge in [0.15, 0.2) is 6.29 Å². The van der Waals surface area contributed by atoms with Crippen LogP contribution in [0, 0.1) is 12.3 Å². The van der Waals surface area contributed by atoms with E-state index in [1.54, 1.807) is 6.92 Å². The molecule has 5 heteroatoms. The van der Waals surface area contributed by atoms with Crippen LogP contribution >= 0.6 is 0 Å². The number of rotatable bonds is 4. The molecule has 1 aliphatic rings. The third-order valence-electron chi connectivity index (χ3n) is 3.56. The number of hydrogen-bond donors (Lipinski definition) is 2. The second kappa shape index (κ2) is 7.03. The van der Waals surface area contributed by atoms with E-state index in [1.807, 2.05) is 30.3 Å². The predicted octanol–water partition coefficient (Wildman–Crippen LogP) is 0.859. The van der Waals surface area contributed by atoms with E-state index in [-0.39, 0.29) is 0 Å². The molecule has 0 unspecified atom stereocenters. The molecule has 6 atom stereocenters. The Morgan fingerprint density at radius 1 is 1.24 bits per heavy atom. The molecule has 2 N–H and O–H groups in total. The van der Waals surface area contributed by atoms with Gasteiger partial charge in [-0.2, -0.15) is 0 Å². The van der Waals surface area contributed by atoms with Crippen molar-refractivity contribution in [3.63, 3.8) is 0 Å². The fourth-order valence-electron chi connectivity index (χ4n) is 2.39. The summed E-state index contributed by atoms with van der Waals surface area (Å²) >= 11 is 0. The van der Waals surface area contributed by atoms with E-state index in [0.717, 1.165) is 5.56 Å². The molecule has 1 aromatic rings. The van der Waals surface area contributed by atoms with Crippen molar-refractivity contribution in [2.45, 2.75) is 43.7 Å². The van der Waals surface area contributed by atoms with Crippen LogP contribution in [0.1, 0.15) is 18.6 Å². The summed E-state index contributed by atoms with van der Waals surface area (Å²) in [6, 6.07) is 9.29. The Bertz CT molecular complexity index is 483. The highest BCUT2D eigenvalue weighted by Crippen LogP contribution is 2.28. The molecule has 0 aliphatic carbocycles. The van der Waals surface area contributed by atoms with Crippen molar-refractivity contribution in [1.82, 2.24) is 0 Å². The van der Waals surface area contributed by atoms with Crippen molar-refractivity contribution in [3.05, 3.63) is 35.9 Å². The van der Waals surface area contributed by atoms with E-state index in [0.29, 0.717) is 0 Å². The lowest BCUT2D eigenvalue weighted by atomic mass is 9.99. The smallest absolute Gasteiger partial charge is 0.186 e. The third kappa shape index (κ3) is 3.43. The number of methoxy groups -OCH3 is 1. The van der Waals surface area contributed by atoms with Gasteiger partial charge in [-0.15, -0.1) is 6.42 Å². The van der Waals surface area contributed by atoms with Gasteiger partial charge in [0, 0.05) is 7.11 Å². The van der Waals surface area contributed by atoms with Crippen LogP contribution in [0.15, 0.2) is 30.3 Å². The zero-order valence-electron chi connectivity index (χ0n) is 12.0. The first-order chi connectivity index (χ1) is 10.1. The molecule has 1 heterocycles. The van der Waals surface area contributed by atoms with Gasteiger partial charge in [-0.05, 0) is 12.5 Å². The average molecular weight is 292 g/mol. The first kappa shape index (κ1) is 16.0. The monoisotopic (exact) mass is 292 g/mol. The molecule has 0 aromatic heterocycles. The van der Waals surface area contributed by atoms with Crippen molar-refractivity contribution in [1.29, 1.82) is 0 Å². The Labute approximate surface area is 124 Å². The van der Waals surface area contributed by atoms with E-state index < -0.39 is 36.8 Å². The molecule has 0 saturated carbocycles. The van der Waals surface area contributed by atoms with Crippen molar-refractivity contribution >= 4 is 0 Å². The molecule has 0 spiro atoms.